The van der Waals surface area contributed by atoms with E-state index in [1.807, 2.05) is 60.7 Å². The van der Waals surface area contributed by atoms with Crippen LogP contribution in [0, 0.1) is 0 Å². The molecular weight excluding hydrogens is 383 g/mol. The number of nitrogens with zero attached hydrogens (tertiary/aromatic N) is 1. The molecule has 6 heteroatoms. The molecule has 0 fully saturated rings. The first-order valence-corrected chi connectivity index (χ1v) is 9.10. The Hall–Kier alpha value is -2.69. The summed E-state index contributed by atoms with van der Waals surface area (Å²) in [5, 5.41) is 1.09. The van der Waals surface area contributed by atoms with Gasteiger partial charge in [-0.2, -0.15) is 0 Å². The molecule has 4 aromatic rings. The Morgan fingerprint density at radius 3 is 2.52 bits per heavy atom. The molecule has 0 unspecified atom stereocenters. The minimum Gasteiger partial charge on any atom is -0.493 e. The van der Waals surface area contributed by atoms with E-state index >= 15 is 0 Å². The molecule has 0 aliphatic heterocycles. The summed E-state index contributed by atoms with van der Waals surface area (Å²) >= 11 is 12.7. The molecule has 0 atom stereocenters. The zero-order chi connectivity index (χ0) is 18.8. The van der Waals surface area contributed by atoms with E-state index in [1.54, 1.807) is 7.11 Å². The van der Waals surface area contributed by atoms with Gasteiger partial charge in [-0.25, -0.2) is 4.98 Å². The molecule has 4 rings (SSSR count). The third-order valence-electron chi connectivity index (χ3n) is 4.22. The van der Waals surface area contributed by atoms with Crippen LogP contribution in [0.15, 0.2) is 60.7 Å². The largest absolute Gasteiger partial charge is 0.493 e. The first kappa shape index (κ1) is 17.7. The number of halogens is 2. The average Bonchev–Trinajstić information content (AvgIpc) is 3.12. The molecule has 0 saturated heterocycles. The van der Waals surface area contributed by atoms with Crippen LogP contribution in [0.1, 0.15) is 5.56 Å². The lowest BCUT2D eigenvalue weighted by atomic mass is 10.2. The second-order valence-corrected chi connectivity index (χ2v) is 6.79. The number of nitrogens with one attached hydrogen (secondary N) is 1. The molecule has 0 aliphatic carbocycles. The van der Waals surface area contributed by atoms with E-state index in [2.05, 4.69) is 9.97 Å². The zero-order valence-electron chi connectivity index (χ0n) is 14.5. The maximum absolute atomic E-state index is 6.49. The lowest BCUT2D eigenvalue weighted by molar-refractivity contribution is 0.285. The Kier molecular flexibility index (Phi) is 4.92. The SMILES string of the molecule is COc1cc(-c2nc3ccccc3[nH]2)cc(Cl)c1OCc1ccccc1Cl. The van der Waals surface area contributed by atoms with E-state index in [0.29, 0.717) is 34.0 Å². The molecule has 0 bridgehead atoms. The predicted molar refractivity (Wildman–Crippen MR) is 109 cm³/mol. The van der Waals surface area contributed by atoms with Gasteiger partial charge >= 0.3 is 0 Å². The van der Waals surface area contributed by atoms with Gasteiger partial charge in [0.1, 0.15) is 12.4 Å². The molecule has 0 saturated carbocycles. The van der Waals surface area contributed by atoms with Crippen LogP contribution < -0.4 is 9.47 Å². The molecule has 0 amide bonds. The second-order valence-electron chi connectivity index (χ2n) is 5.97. The Morgan fingerprint density at radius 1 is 0.963 bits per heavy atom. The summed E-state index contributed by atoms with van der Waals surface area (Å²) in [4.78, 5) is 7.90. The number of hydrogen-bond donors (Lipinski definition) is 1. The topological polar surface area (TPSA) is 47.1 Å². The Balaban J connectivity index is 1.67. The fraction of sp³-hybridized carbons (Fsp3) is 0.0952. The maximum atomic E-state index is 6.49. The smallest absolute Gasteiger partial charge is 0.180 e. The Morgan fingerprint density at radius 2 is 1.74 bits per heavy atom. The normalized spacial score (nSPS) is 10.9. The van der Waals surface area contributed by atoms with Crippen molar-refractivity contribution in [2.24, 2.45) is 0 Å². The van der Waals surface area contributed by atoms with Gasteiger partial charge in [0.25, 0.3) is 0 Å². The molecule has 136 valence electrons. The van der Waals surface area contributed by atoms with Gasteiger partial charge < -0.3 is 14.5 Å². The summed E-state index contributed by atoms with van der Waals surface area (Å²) in [5.74, 6) is 1.72. The molecule has 3 aromatic carbocycles. The van der Waals surface area contributed by atoms with Crippen molar-refractivity contribution in [3.63, 3.8) is 0 Å². The van der Waals surface area contributed by atoms with E-state index in [-0.39, 0.29) is 0 Å². The van der Waals surface area contributed by atoms with Crippen LogP contribution in [-0.4, -0.2) is 17.1 Å². The highest BCUT2D eigenvalue weighted by Gasteiger charge is 2.15. The lowest BCUT2D eigenvalue weighted by Gasteiger charge is -2.14. The van der Waals surface area contributed by atoms with E-state index in [9.17, 15) is 0 Å². The molecule has 0 spiro atoms. The summed E-state index contributed by atoms with van der Waals surface area (Å²) in [5.41, 5.74) is 3.54. The van der Waals surface area contributed by atoms with Crippen molar-refractivity contribution in [2.75, 3.05) is 7.11 Å². The number of methoxy groups -OCH3 is 1. The van der Waals surface area contributed by atoms with Crippen LogP contribution in [0.5, 0.6) is 11.5 Å². The van der Waals surface area contributed by atoms with Crippen LogP contribution >= 0.6 is 23.2 Å². The van der Waals surface area contributed by atoms with Gasteiger partial charge in [0.15, 0.2) is 11.5 Å². The van der Waals surface area contributed by atoms with Crippen molar-refractivity contribution in [3.05, 3.63) is 76.3 Å². The molecule has 1 aromatic heterocycles. The number of para-hydroxylation sites is 2. The third kappa shape index (κ3) is 3.59. The van der Waals surface area contributed by atoms with Crippen LogP contribution in [-0.2, 0) is 6.61 Å². The zero-order valence-corrected chi connectivity index (χ0v) is 16.0. The molecule has 1 N–H and O–H groups in total. The van der Waals surface area contributed by atoms with Gasteiger partial charge in [0.05, 0.1) is 23.2 Å². The molecule has 4 nitrogen and oxygen atoms in total. The third-order valence-corrected chi connectivity index (χ3v) is 4.87. The van der Waals surface area contributed by atoms with Crippen molar-refractivity contribution in [2.45, 2.75) is 6.61 Å². The van der Waals surface area contributed by atoms with Gasteiger partial charge in [-0.05, 0) is 30.3 Å². The van der Waals surface area contributed by atoms with Crippen molar-refractivity contribution in [1.82, 2.24) is 9.97 Å². The van der Waals surface area contributed by atoms with Crippen LogP contribution in [0.2, 0.25) is 10.0 Å². The number of aromatic amines is 1. The number of H-pyrrole nitrogens is 1. The van der Waals surface area contributed by atoms with E-state index in [0.717, 1.165) is 22.2 Å². The van der Waals surface area contributed by atoms with E-state index in [4.69, 9.17) is 32.7 Å². The van der Waals surface area contributed by atoms with Gasteiger partial charge in [0.2, 0.25) is 0 Å². The molecule has 27 heavy (non-hydrogen) atoms. The highest BCUT2D eigenvalue weighted by atomic mass is 35.5. The number of imidazole rings is 1. The van der Waals surface area contributed by atoms with Crippen molar-refractivity contribution in [3.8, 4) is 22.9 Å². The summed E-state index contributed by atoms with van der Waals surface area (Å²) in [6.45, 7) is 0.291. The number of fused-ring (bicyclic) bond motifs is 1. The molecular formula is C21H16Cl2N2O2. The van der Waals surface area contributed by atoms with Gasteiger partial charge in [0, 0.05) is 16.1 Å². The summed E-state index contributed by atoms with van der Waals surface area (Å²) < 4.78 is 11.4. The minimum absolute atomic E-state index is 0.291. The number of hydrogen-bond acceptors (Lipinski definition) is 3. The first-order chi connectivity index (χ1) is 13.2. The number of ether oxygens (including phenoxy) is 2. The Bertz CT molecular complexity index is 1080. The van der Waals surface area contributed by atoms with Gasteiger partial charge in [-0.1, -0.05) is 53.5 Å². The van der Waals surface area contributed by atoms with E-state index in [1.165, 1.54) is 0 Å². The van der Waals surface area contributed by atoms with Gasteiger partial charge in [-0.3, -0.25) is 0 Å². The molecule has 1 heterocycles. The second kappa shape index (κ2) is 7.51. The quantitative estimate of drug-likeness (QED) is 0.440. The summed E-state index contributed by atoms with van der Waals surface area (Å²) in [7, 11) is 1.58. The van der Waals surface area contributed by atoms with Crippen LogP contribution in [0.4, 0.5) is 0 Å². The fourth-order valence-corrected chi connectivity index (χ4v) is 3.31. The highest BCUT2D eigenvalue weighted by molar-refractivity contribution is 6.32. The number of aromatic nitrogens is 2. The summed E-state index contributed by atoms with van der Waals surface area (Å²) in [6, 6.07) is 19.0. The molecule has 0 radical (unpaired) electrons. The van der Waals surface area contributed by atoms with E-state index < -0.39 is 0 Å². The monoisotopic (exact) mass is 398 g/mol. The number of rotatable bonds is 5. The summed E-state index contributed by atoms with van der Waals surface area (Å²) in [6.07, 6.45) is 0. The minimum atomic E-state index is 0.291. The van der Waals surface area contributed by atoms with Crippen molar-refractivity contribution < 1.29 is 9.47 Å². The standard InChI is InChI=1S/C21H16Cl2N2O2/c1-26-19-11-14(21-24-17-8-4-5-9-18(17)25-21)10-16(23)20(19)27-12-13-6-2-3-7-15(13)22/h2-11H,12H2,1H3,(H,24,25). The van der Waals surface area contributed by atoms with Crippen molar-refractivity contribution >= 4 is 34.2 Å². The first-order valence-electron chi connectivity index (χ1n) is 8.34. The highest BCUT2D eigenvalue weighted by Crippen LogP contribution is 2.39. The van der Waals surface area contributed by atoms with Gasteiger partial charge in [-0.15, -0.1) is 0 Å². The lowest BCUT2D eigenvalue weighted by Crippen LogP contribution is -1.99. The Labute approximate surface area is 166 Å². The fourth-order valence-electron chi connectivity index (χ4n) is 2.85. The average molecular weight is 399 g/mol. The van der Waals surface area contributed by atoms with Crippen molar-refractivity contribution in [1.29, 1.82) is 0 Å². The molecule has 0 aliphatic rings. The predicted octanol–water partition coefficient (Wildman–Crippen LogP) is 6.12. The van der Waals surface area contributed by atoms with Crippen LogP contribution in [0.3, 0.4) is 0 Å². The maximum Gasteiger partial charge on any atom is 0.180 e. The number of benzene rings is 3. The van der Waals surface area contributed by atoms with Crippen LogP contribution in [0.25, 0.3) is 22.4 Å².